The number of piperidine rings is 1. The van der Waals surface area contributed by atoms with E-state index in [1.165, 1.54) is 6.08 Å². The number of benzene rings is 1. The normalized spacial score (nSPS) is 26.5. The number of carbonyl (C=O) groups excluding carboxylic acids is 1. The van der Waals surface area contributed by atoms with Crippen LogP contribution in [-0.2, 0) is 9.59 Å². The Bertz CT molecular complexity index is 677. The molecule has 116 valence electrons. The molecule has 0 amide bonds. The van der Waals surface area contributed by atoms with Crippen molar-refractivity contribution in [2.75, 3.05) is 13.1 Å². The van der Waals surface area contributed by atoms with Gasteiger partial charge in [0.25, 0.3) is 0 Å². The molecular weight excluding hydrogens is 326 g/mol. The van der Waals surface area contributed by atoms with Gasteiger partial charge in [-0.1, -0.05) is 29.8 Å². The van der Waals surface area contributed by atoms with Crippen LogP contribution >= 0.6 is 23.4 Å². The van der Waals surface area contributed by atoms with Crippen LogP contribution in [0.25, 0.3) is 0 Å². The smallest absolute Gasteiger partial charge is 0.325 e. The number of hydrogen-bond donors (Lipinski definition) is 2. The van der Waals surface area contributed by atoms with Crippen LogP contribution in [0.1, 0.15) is 18.0 Å². The van der Waals surface area contributed by atoms with Crippen molar-refractivity contribution >= 4 is 34.4 Å². The van der Waals surface area contributed by atoms with Gasteiger partial charge in [0.05, 0.1) is 0 Å². The van der Waals surface area contributed by atoms with Gasteiger partial charge in [-0.15, -0.1) is 0 Å². The van der Waals surface area contributed by atoms with E-state index in [1.807, 2.05) is 0 Å². The summed E-state index contributed by atoms with van der Waals surface area (Å²) in [5, 5.41) is 20.2. The third-order valence-corrected chi connectivity index (χ3v) is 5.44. The lowest BCUT2D eigenvalue weighted by Gasteiger charge is -2.39. The summed E-state index contributed by atoms with van der Waals surface area (Å²) >= 11 is 7.03. The molecule has 2 aliphatic rings. The van der Waals surface area contributed by atoms with Crippen LogP contribution in [0, 0.1) is 0 Å². The minimum absolute atomic E-state index is 0.191. The van der Waals surface area contributed by atoms with Crippen LogP contribution in [0.4, 0.5) is 0 Å². The first-order valence-electron chi connectivity index (χ1n) is 6.78. The van der Waals surface area contributed by atoms with Crippen molar-refractivity contribution in [2.45, 2.75) is 17.4 Å². The maximum atomic E-state index is 11.7. The Hall–Kier alpha value is -1.34. The number of fused-ring (bicyclic) bond motifs is 1. The number of thioether (sulfide) groups is 1. The number of carboxylic acids is 1. The fraction of sp³-hybridized carbons (Fsp3) is 0.333. The Balaban J connectivity index is 1.92. The van der Waals surface area contributed by atoms with Gasteiger partial charge in [-0.05, 0) is 35.0 Å². The Morgan fingerprint density at radius 3 is 2.82 bits per heavy atom. The van der Waals surface area contributed by atoms with Gasteiger partial charge in [0.1, 0.15) is 11.0 Å². The van der Waals surface area contributed by atoms with Crippen LogP contribution in [0.3, 0.4) is 0 Å². The van der Waals surface area contributed by atoms with Crippen LogP contribution in [-0.4, -0.2) is 44.2 Å². The molecule has 1 aromatic rings. The Morgan fingerprint density at radius 1 is 1.41 bits per heavy atom. The van der Waals surface area contributed by atoms with E-state index in [9.17, 15) is 19.8 Å². The number of nitrogens with zero attached hydrogens (tertiary/aromatic N) is 1. The van der Waals surface area contributed by atoms with Crippen molar-refractivity contribution in [3.63, 3.8) is 0 Å². The minimum atomic E-state index is -1.18. The molecule has 5 nitrogen and oxygen atoms in total. The first-order chi connectivity index (χ1) is 10.4. The molecule has 0 radical (unpaired) electrons. The number of carbonyl (C=O) groups is 2. The number of halogens is 1. The highest BCUT2D eigenvalue weighted by Gasteiger charge is 2.46. The van der Waals surface area contributed by atoms with Crippen molar-refractivity contribution in [2.24, 2.45) is 0 Å². The lowest BCUT2D eigenvalue weighted by atomic mass is 9.96. The molecule has 0 bridgehead atoms. The molecule has 3 rings (SSSR count). The first-order valence-corrected chi connectivity index (χ1v) is 7.98. The molecule has 2 aliphatic heterocycles. The lowest BCUT2D eigenvalue weighted by molar-refractivity contribution is -0.144. The maximum Gasteiger partial charge on any atom is 0.325 e. The minimum Gasteiger partial charge on any atom is -0.480 e. The van der Waals surface area contributed by atoms with Gasteiger partial charge in [0, 0.05) is 24.5 Å². The third kappa shape index (κ3) is 2.67. The highest BCUT2D eigenvalue weighted by atomic mass is 35.5. The Kier molecular flexibility index (Phi) is 4.03. The van der Waals surface area contributed by atoms with Gasteiger partial charge in [0.2, 0.25) is 5.12 Å². The van der Waals surface area contributed by atoms with Crippen molar-refractivity contribution in [3.05, 3.63) is 46.5 Å². The van der Waals surface area contributed by atoms with E-state index in [-0.39, 0.29) is 11.7 Å². The molecule has 0 spiro atoms. The topological polar surface area (TPSA) is 77.8 Å². The second-order valence-electron chi connectivity index (χ2n) is 5.36. The Morgan fingerprint density at radius 2 is 2.14 bits per heavy atom. The van der Waals surface area contributed by atoms with Crippen molar-refractivity contribution < 1.29 is 19.8 Å². The maximum absolute atomic E-state index is 11.7. The standard InChI is InChI=1S/C15H14ClNO4S/c16-11-4-2-1-3-10(11)13(14(19)20)17-6-5-15(21)9(8-17)7-12(18)22-15/h1-4,7,13,21H,5-6,8H2,(H,19,20). The molecule has 1 saturated heterocycles. The summed E-state index contributed by atoms with van der Waals surface area (Å²) in [6, 6.07) is 5.92. The quantitative estimate of drug-likeness (QED) is 0.877. The summed E-state index contributed by atoms with van der Waals surface area (Å²) in [6.07, 6.45) is 1.71. The largest absolute Gasteiger partial charge is 0.480 e. The number of carboxylic acid groups (broad SMARTS) is 1. The number of hydrogen-bond acceptors (Lipinski definition) is 5. The zero-order valence-corrected chi connectivity index (χ0v) is 13.1. The molecule has 1 fully saturated rings. The number of aliphatic hydroxyl groups is 1. The number of rotatable bonds is 3. The summed E-state index contributed by atoms with van der Waals surface area (Å²) in [7, 11) is 0. The molecule has 22 heavy (non-hydrogen) atoms. The molecule has 2 N–H and O–H groups in total. The van der Waals surface area contributed by atoms with E-state index in [4.69, 9.17) is 11.6 Å². The number of aliphatic carboxylic acids is 1. The van der Waals surface area contributed by atoms with Crippen molar-refractivity contribution in [1.29, 1.82) is 0 Å². The zero-order chi connectivity index (χ0) is 15.9. The SMILES string of the molecule is O=C1C=C2CN(C(C(=O)O)c3ccccc3Cl)CCC2(O)S1. The average molecular weight is 340 g/mol. The summed E-state index contributed by atoms with van der Waals surface area (Å²) in [4.78, 5) is 23.8. The molecule has 0 saturated carbocycles. The van der Waals surface area contributed by atoms with E-state index >= 15 is 0 Å². The molecule has 2 unspecified atom stereocenters. The average Bonchev–Trinajstić information content (AvgIpc) is 2.74. The lowest BCUT2D eigenvalue weighted by Crippen LogP contribution is -2.46. The molecular formula is C15H14ClNO4S. The molecule has 0 aliphatic carbocycles. The van der Waals surface area contributed by atoms with Crippen LogP contribution in [0.5, 0.6) is 0 Å². The van der Waals surface area contributed by atoms with E-state index in [0.29, 0.717) is 29.1 Å². The van der Waals surface area contributed by atoms with Gasteiger partial charge < -0.3 is 10.2 Å². The fourth-order valence-electron chi connectivity index (χ4n) is 2.89. The first kappa shape index (κ1) is 15.6. The highest BCUT2D eigenvalue weighted by Crippen LogP contribution is 2.45. The van der Waals surface area contributed by atoms with E-state index in [2.05, 4.69) is 0 Å². The molecule has 2 atom stereocenters. The van der Waals surface area contributed by atoms with E-state index in [1.54, 1.807) is 29.2 Å². The highest BCUT2D eigenvalue weighted by molar-refractivity contribution is 8.15. The van der Waals surface area contributed by atoms with Crippen LogP contribution in [0.2, 0.25) is 5.02 Å². The molecule has 2 heterocycles. The Labute approximate surface area is 136 Å². The molecule has 0 aromatic heterocycles. The second kappa shape index (κ2) is 5.70. The van der Waals surface area contributed by atoms with Gasteiger partial charge in [-0.3, -0.25) is 14.5 Å². The summed E-state index contributed by atoms with van der Waals surface area (Å²) in [6.45, 7) is 0.605. The zero-order valence-electron chi connectivity index (χ0n) is 11.5. The van der Waals surface area contributed by atoms with E-state index < -0.39 is 16.9 Å². The van der Waals surface area contributed by atoms with Crippen LogP contribution in [0.15, 0.2) is 35.9 Å². The second-order valence-corrected chi connectivity index (χ2v) is 7.05. The predicted octanol–water partition coefficient (Wildman–Crippen LogP) is 2.06. The summed E-state index contributed by atoms with van der Waals surface area (Å²) in [5.41, 5.74) is 1.08. The van der Waals surface area contributed by atoms with Gasteiger partial charge >= 0.3 is 5.97 Å². The van der Waals surface area contributed by atoms with Crippen molar-refractivity contribution in [3.8, 4) is 0 Å². The number of likely N-dealkylation sites (tertiary alicyclic amines) is 1. The molecule has 7 heteroatoms. The predicted molar refractivity (Wildman–Crippen MR) is 83.6 cm³/mol. The van der Waals surface area contributed by atoms with Crippen molar-refractivity contribution in [1.82, 2.24) is 4.90 Å². The third-order valence-electron chi connectivity index (χ3n) is 3.97. The van der Waals surface area contributed by atoms with Gasteiger partial charge in [-0.2, -0.15) is 0 Å². The van der Waals surface area contributed by atoms with Gasteiger partial charge in [0.15, 0.2) is 0 Å². The fourth-order valence-corrected chi connectivity index (χ4v) is 4.11. The van der Waals surface area contributed by atoms with E-state index in [0.717, 1.165) is 11.8 Å². The summed E-state index contributed by atoms with van der Waals surface area (Å²) < 4.78 is 0. The molecule has 1 aromatic carbocycles. The summed E-state index contributed by atoms with van der Waals surface area (Å²) in [5.74, 6) is -1.00. The monoisotopic (exact) mass is 339 g/mol. The van der Waals surface area contributed by atoms with Crippen LogP contribution < -0.4 is 0 Å². The van der Waals surface area contributed by atoms with Gasteiger partial charge in [-0.25, -0.2) is 0 Å².